The van der Waals surface area contributed by atoms with Gasteiger partial charge >= 0.3 is 0 Å². The van der Waals surface area contributed by atoms with Gasteiger partial charge in [0, 0.05) is 24.2 Å². The first kappa shape index (κ1) is 16.3. The van der Waals surface area contributed by atoms with Gasteiger partial charge in [0.05, 0.1) is 11.1 Å². The van der Waals surface area contributed by atoms with Gasteiger partial charge < -0.3 is 5.11 Å². The molecule has 1 heterocycles. The van der Waals surface area contributed by atoms with Crippen molar-refractivity contribution >= 4 is 10.9 Å². The minimum absolute atomic E-state index is 0.150. The molecule has 2 aromatic carbocycles. The molecule has 1 fully saturated rings. The van der Waals surface area contributed by atoms with Gasteiger partial charge in [-0.1, -0.05) is 18.2 Å². The molecule has 1 aliphatic carbocycles. The number of aryl methyl sites for hydroxylation is 1. The summed E-state index contributed by atoms with van der Waals surface area (Å²) >= 11 is 0. The number of nitrogens with zero attached hydrogens (tertiary/aromatic N) is 2. The summed E-state index contributed by atoms with van der Waals surface area (Å²) in [5.74, 6) is 0.345. The van der Waals surface area contributed by atoms with Crippen molar-refractivity contribution in [1.29, 1.82) is 0 Å². The van der Waals surface area contributed by atoms with E-state index in [1.54, 1.807) is 24.6 Å². The lowest BCUT2D eigenvalue weighted by Crippen LogP contribution is -2.16. The normalized spacial score (nSPS) is 15.1. The van der Waals surface area contributed by atoms with Gasteiger partial charge in [0.1, 0.15) is 5.82 Å². The van der Waals surface area contributed by atoms with Crippen molar-refractivity contribution in [2.24, 2.45) is 7.05 Å². The lowest BCUT2D eigenvalue weighted by Gasteiger charge is -2.19. The summed E-state index contributed by atoms with van der Waals surface area (Å²) in [5, 5.41) is 15.9. The Morgan fingerprint density at radius 3 is 2.60 bits per heavy atom. The van der Waals surface area contributed by atoms with Crippen molar-refractivity contribution in [2.45, 2.75) is 45.1 Å². The maximum Gasteiger partial charge on any atom is 0.127 e. The van der Waals surface area contributed by atoms with Crippen molar-refractivity contribution in [3.05, 3.63) is 53.0 Å². The van der Waals surface area contributed by atoms with E-state index >= 15 is 0 Å². The summed E-state index contributed by atoms with van der Waals surface area (Å²) in [5.41, 5.74) is 4.29. The van der Waals surface area contributed by atoms with E-state index in [2.05, 4.69) is 11.2 Å². The van der Waals surface area contributed by atoms with Gasteiger partial charge in [-0.15, -0.1) is 0 Å². The predicted octanol–water partition coefficient (Wildman–Crippen LogP) is 4.79. The van der Waals surface area contributed by atoms with Gasteiger partial charge in [0.2, 0.25) is 0 Å². The zero-order valence-corrected chi connectivity index (χ0v) is 15.1. The highest BCUT2D eigenvalue weighted by Crippen LogP contribution is 2.44. The molecule has 3 aromatic rings. The van der Waals surface area contributed by atoms with Gasteiger partial charge in [-0.2, -0.15) is 5.10 Å². The lowest BCUT2D eigenvalue weighted by molar-refractivity contribution is 0.0800. The van der Waals surface area contributed by atoms with Crippen LogP contribution in [0.15, 0.2) is 30.5 Å². The molecule has 0 atom stereocenters. The molecule has 25 heavy (non-hydrogen) atoms. The highest BCUT2D eigenvalue weighted by atomic mass is 19.1. The van der Waals surface area contributed by atoms with Crippen LogP contribution in [-0.4, -0.2) is 14.9 Å². The predicted molar refractivity (Wildman–Crippen MR) is 98.1 cm³/mol. The number of aromatic nitrogens is 2. The molecule has 1 aliphatic rings. The van der Waals surface area contributed by atoms with Gasteiger partial charge in [0.25, 0.3) is 0 Å². The fourth-order valence-corrected chi connectivity index (χ4v) is 3.64. The number of aliphatic hydroxyl groups is 1. The highest BCUT2D eigenvalue weighted by Gasteiger charge is 2.28. The molecule has 1 N–H and O–H groups in total. The minimum Gasteiger partial charge on any atom is -0.386 e. The molecular formula is C21H23FN2O. The maximum atomic E-state index is 14.5. The number of halogens is 1. The second-order valence-corrected chi connectivity index (χ2v) is 7.73. The first-order chi connectivity index (χ1) is 11.8. The van der Waals surface area contributed by atoms with E-state index < -0.39 is 5.60 Å². The molecule has 0 aliphatic heterocycles. The van der Waals surface area contributed by atoms with Crippen molar-refractivity contribution < 1.29 is 9.50 Å². The fraction of sp³-hybridized carbons (Fsp3) is 0.381. The van der Waals surface area contributed by atoms with E-state index in [1.165, 1.54) is 0 Å². The lowest BCUT2D eigenvalue weighted by atomic mass is 9.90. The van der Waals surface area contributed by atoms with E-state index in [-0.39, 0.29) is 5.82 Å². The first-order valence-electron chi connectivity index (χ1n) is 8.75. The Morgan fingerprint density at radius 1 is 1.24 bits per heavy atom. The van der Waals surface area contributed by atoms with Crippen LogP contribution < -0.4 is 0 Å². The average molecular weight is 338 g/mol. The molecule has 0 unspecified atom stereocenters. The number of rotatable bonds is 3. The molecule has 4 rings (SSSR count). The van der Waals surface area contributed by atoms with E-state index in [0.717, 1.165) is 51.6 Å². The van der Waals surface area contributed by atoms with Crippen LogP contribution in [0.3, 0.4) is 0 Å². The zero-order chi connectivity index (χ0) is 17.9. The highest BCUT2D eigenvalue weighted by molar-refractivity contribution is 5.96. The standard InChI is InChI=1S/C21H23FN2O/c1-12-16(13-5-6-13)9-14(10-19(12)22)15-7-8-18(21(2,3)25)20-17(15)11-24(4)23-20/h7-11,13,25H,5-6H2,1-4H3. The average Bonchev–Trinajstić information content (AvgIpc) is 3.28. The van der Waals surface area contributed by atoms with Crippen molar-refractivity contribution in [2.75, 3.05) is 0 Å². The Balaban J connectivity index is 1.97. The van der Waals surface area contributed by atoms with Gasteiger partial charge in [-0.05, 0) is 67.9 Å². The summed E-state index contributed by atoms with van der Waals surface area (Å²) < 4.78 is 16.3. The monoisotopic (exact) mass is 338 g/mol. The van der Waals surface area contributed by atoms with Crippen LogP contribution >= 0.6 is 0 Å². The van der Waals surface area contributed by atoms with Crippen molar-refractivity contribution in [3.63, 3.8) is 0 Å². The minimum atomic E-state index is -0.983. The van der Waals surface area contributed by atoms with Crippen LogP contribution in [-0.2, 0) is 12.6 Å². The van der Waals surface area contributed by atoms with E-state index in [0.29, 0.717) is 5.92 Å². The van der Waals surface area contributed by atoms with Crippen LogP contribution in [0.5, 0.6) is 0 Å². The third kappa shape index (κ3) is 2.74. The zero-order valence-electron chi connectivity index (χ0n) is 15.1. The SMILES string of the molecule is Cc1c(F)cc(-c2ccc(C(C)(C)O)c3nn(C)cc23)cc1C1CC1. The van der Waals surface area contributed by atoms with Crippen LogP contribution in [0, 0.1) is 12.7 Å². The molecule has 3 nitrogen and oxygen atoms in total. The number of hydrogen-bond acceptors (Lipinski definition) is 2. The Morgan fingerprint density at radius 2 is 1.96 bits per heavy atom. The van der Waals surface area contributed by atoms with E-state index in [9.17, 15) is 9.50 Å². The molecule has 0 amide bonds. The van der Waals surface area contributed by atoms with Crippen LogP contribution in [0.2, 0.25) is 0 Å². The molecule has 0 radical (unpaired) electrons. The van der Waals surface area contributed by atoms with E-state index in [1.807, 2.05) is 32.3 Å². The summed E-state index contributed by atoms with van der Waals surface area (Å²) in [6.45, 7) is 5.38. The second kappa shape index (κ2) is 5.40. The largest absolute Gasteiger partial charge is 0.386 e. The summed E-state index contributed by atoms with van der Waals surface area (Å²) in [7, 11) is 1.86. The van der Waals surface area contributed by atoms with Gasteiger partial charge in [0.15, 0.2) is 0 Å². The van der Waals surface area contributed by atoms with Crippen LogP contribution in [0.4, 0.5) is 4.39 Å². The number of hydrogen-bond donors (Lipinski definition) is 1. The van der Waals surface area contributed by atoms with Crippen LogP contribution in [0.25, 0.3) is 22.0 Å². The quantitative estimate of drug-likeness (QED) is 0.745. The topological polar surface area (TPSA) is 38.1 Å². The van der Waals surface area contributed by atoms with Gasteiger partial charge in [-0.3, -0.25) is 4.68 Å². The summed E-state index contributed by atoms with van der Waals surface area (Å²) in [6.07, 6.45) is 4.22. The summed E-state index contributed by atoms with van der Waals surface area (Å²) in [6, 6.07) is 7.62. The Kier molecular flexibility index (Phi) is 3.51. The third-order valence-corrected chi connectivity index (χ3v) is 5.16. The Labute approximate surface area is 147 Å². The maximum absolute atomic E-state index is 14.5. The van der Waals surface area contributed by atoms with Crippen molar-refractivity contribution in [3.8, 4) is 11.1 Å². The number of fused-ring (bicyclic) bond motifs is 1. The molecule has 0 spiro atoms. The second-order valence-electron chi connectivity index (χ2n) is 7.73. The third-order valence-electron chi connectivity index (χ3n) is 5.16. The molecule has 1 aromatic heterocycles. The fourth-order valence-electron chi connectivity index (χ4n) is 3.64. The molecule has 0 saturated heterocycles. The molecule has 0 bridgehead atoms. The molecular weight excluding hydrogens is 315 g/mol. The summed E-state index contributed by atoms with van der Waals surface area (Å²) in [4.78, 5) is 0. The first-order valence-corrected chi connectivity index (χ1v) is 8.75. The molecule has 1 saturated carbocycles. The van der Waals surface area contributed by atoms with E-state index in [4.69, 9.17) is 0 Å². The van der Waals surface area contributed by atoms with Gasteiger partial charge in [-0.25, -0.2) is 4.39 Å². The molecule has 130 valence electrons. The van der Waals surface area contributed by atoms with Crippen molar-refractivity contribution in [1.82, 2.24) is 9.78 Å². The van der Waals surface area contributed by atoms with Crippen LogP contribution in [0.1, 0.15) is 49.3 Å². The molecule has 4 heteroatoms. The Bertz CT molecular complexity index is 978. The smallest absolute Gasteiger partial charge is 0.127 e. The number of benzene rings is 2. The Hall–Kier alpha value is -2.20.